The molecule has 1 atom stereocenters. The third-order valence-corrected chi connectivity index (χ3v) is 1.29. The summed E-state index contributed by atoms with van der Waals surface area (Å²) in [5, 5.41) is 10.7. The topological polar surface area (TPSA) is 37.8 Å². The molecule has 0 amide bonds. The molecule has 1 aromatic heterocycles. The summed E-state index contributed by atoms with van der Waals surface area (Å²) < 4.78 is 0. The maximum absolute atomic E-state index is 5.72. The van der Waals surface area contributed by atoms with E-state index in [1.54, 1.807) is 6.20 Å². The van der Waals surface area contributed by atoms with E-state index in [4.69, 9.17) is 11.6 Å². The van der Waals surface area contributed by atoms with Crippen LogP contribution in [-0.4, -0.2) is 22.1 Å². The van der Waals surface area contributed by atoms with Crippen molar-refractivity contribution in [2.45, 2.75) is 12.3 Å². The number of hydrogen-bond donors (Lipinski definition) is 1. The fourth-order valence-corrected chi connectivity index (χ4v) is 0.718. The zero-order valence-electron chi connectivity index (χ0n) is 6.29. The van der Waals surface area contributed by atoms with Gasteiger partial charge in [-0.05, 0) is 19.1 Å². The van der Waals surface area contributed by atoms with Crippen LogP contribution < -0.4 is 5.32 Å². The lowest BCUT2D eigenvalue weighted by molar-refractivity contribution is 0.950. The van der Waals surface area contributed by atoms with E-state index in [0.717, 1.165) is 5.82 Å². The lowest BCUT2D eigenvalue weighted by Crippen LogP contribution is -2.11. The summed E-state index contributed by atoms with van der Waals surface area (Å²) in [6.45, 7) is 2.63. The molecule has 1 heterocycles. The second kappa shape index (κ2) is 4.13. The molecule has 4 heteroatoms. The Morgan fingerprint density at radius 2 is 2.55 bits per heavy atom. The van der Waals surface area contributed by atoms with Gasteiger partial charge in [-0.2, -0.15) is 5.10 Å². The molecule has 3 nitrogen and oxygen atoms in total. The first-order chi connectivity index (χ1) is 5.29. The normalized spacial score (nSPS) is 12.5. The molecule has 1 N–H and O–H groups in total. The van der Waals surface area contributed by atoms with Gasteiger partial charge in [0.15, 0.2) is 0 Å². The Hall–Kier alpha value is -0.830. The number of nitrogens with one attached hydrogen (secondary N) is 1. The van der Waals surface area contributed by atoms with E-state index in [9.17, 15) is 0 Å². The summed E-state index contributed by atoms with van der Waals surface area (Å²) in [5.74, 6) is 0.764. The van der Waals surface area contributed by atoms with Crippen molar-refractivity contribution in [2.24, 2.45) is 0 Å². The van der Waals surface area contributed by atoms with Crippen molar-refractivity contribution in [1.29, 1.82) is 0 Å². The lowest BCUT2D eigenvalue weighted by Gasteiger charge is -2.04. The SMILES string of the molecule is CC(Cl)CNc1cccnn1. The van der Waals surface area contributed by atoms with Crippen LogP contribution in [0.2, 0.25) is 0 Å². The summed E-state index contributed by atoms with van der Waals surface area (Å²) >= 11 is 5.72. The van der Waals surface area contributed by atoms with Crippen LogP contribution in [0.3, 0.4) is 0 Å². The van der Waals surface area contributed by atoms with Gasteiger partial charge in [0.2, 0.25) is 0 Å². The highest BCUT2D eigenvalue weighted by atomic mass is 35.5. The number of anilines is 1. The van der Waals surface area contributed by atoms with Crippen molar-refractivity contribution in [3.63, 3.8) is 0 Å². The van der Waals surface area contributed by atoms with Gasteiger partial charge in [0.05, 0.1) is 0 Å². The van der Waals surface area contributed by atoms with Crippen molar-refractivity contribution in [3.05, 3.63) is 18.3 Å². The Kier molecular flexibility index (Phi) is 3.11. The number of alkyl halides is 1. The summed E-state index contributed by atoms with van der Waals surface area (Å²) in [6.07, 6.45) is 1.63. The van der Waals surface area contributed by atoms with Crippen LogP contribution in [-0.2, 0) is 0 Å². The average Bonchev–Trinajstić information content (AvgIpc) is 2.03. The molecule has 0 aliphatic rings. The first kappa shape index (κ1) is 8.27. The molecule has 11 heavy (non-hydrogen) atoms. The van der Waals surface area contributed by atoms with E-state index in [1.165, 1.54) is 0 Å². The van der Waals surface area contributed by atoms with Crippen LogP contribution >= 0.6 is 11.6 Å². The molecular formula is C7H10ClN3. The fraction of sp³-hybridized carbons (Fsp3) is 0.429. The van der Waals surface area contributed by atoms with Gasteiger partial charge >= 0.3 is 0 Å². The smallest absolute Gasteiger partial charge is 0.148 e. The average molecular weight is 172 g/mol. The maximum atomic E-state index is 5.72. The summed E-state index contributed by atoms with van der Waals surface area (Å²) in [6, 6.07) is 3.68. The van der Waals surface area contributed by atoms with Gasteiger partial charge in [-0.3, -0.25) is 0 Å². The van der Waals surface area contributed by atoms with Crippen LogP contribution in [0.5, 0.6) is 0 Å². The summed E-state index contributed by atoms with van der Waals surface area (Å²) in [5.41, 5.74) is 0. The van der Waals surface area contributed by atoms with Crippen molar-refractivity contribution < 1.29 is 0 Å². The Bertz CT molecular complexity index is 200. The monoisotopic (exact) mass is 171 g/mol. The van der Waals surface area contributed by atoms with Gasteiger partial charge in [-0.25, -0.2) is 0 Å². The van der Waals surface area contributed by atoms with E-state index in [0.29, 0.717) is 6.54 Å². The highest BCUT2D eigenvalue weighted by Gasteiger charge is 1.95. The van der Waals surface area contributed by atoms with Gasteiger partial charge < -0.3 is 5.32 Å². The van der Waals surface area contributed by atoms with Crippen molar-refractivity contribution >= 4 is 17.4 Å². The summed E-state index contributed by atoms with van der Waals surface area (Å²) in [7, 11) is 0. The van der Waals surface area contributed by atoms with Crippen LogP contribution in [0.1, 0.15) is 6.92 Å². The zero-order valence-corrected chi connectivity index (χ0v) is 7.04. The van der Waals surface area contributed by atoms with Crippen LogP contribution in [0.25, 0.3) is 0 Å². The number of rotatable bonds is 3. The molecule has 0 aromatic carbocycles. The third kappa shape index (κ3) is 3.18. The standard InChI is InChI=1S/C7H10ClN3/c1-6(8)5-9-7-3-2-4-10-11-7/h2-4,6H,5H2,1H3,(H,9,11). The molecule has 1 aromatic rings. The first-order valence-electron chi connectivity index (χ1n) is 3.44. The van der Waals surface area contributed by atoms with Gasteiger partial charge in [-0.1, -0.05) is 0 Å². The van der Waals surface area contributed by atoms with Gasteiger partial charge in [0, 0.05) is 18.1 Å². The number of hydrogen-bond acceptors (Lipinski definition) is 3. The second-order valence-corrected chi connectivity index (χ2v) is 3.02. The minimum Gasteiger partial charge on any atom is -0.367 e. The quantitative estimate of drug-likeness (QED) is 0.701. The highest BCUT2D eigenvalue weighted by Crippen LogP contribution is 1.99. The van der Waals surface area contributed by atoms with Crippen molar-refractivity contribution in [2.75, 3.05) is 11.9 Å². The van der Waals surface area contributed by atoms with Crippen molar-refractivity contribution in [1.82, 2.24) is 10.2 Å². The van der Waals surface area contributed by atoms with E-state index >= 15 is 0 Å². The Morgan fingerprint density at radius 3 is 3.09 bits per heavy atom. The second-order valence-electron chi connectivity index (χ2n) is 2.27. The maximum Gasteiger partial charge on any atom is 0.148 e. The van der Waals surface area contributed by atoms with Crippen LogP contribution in [0, 0.1) is 0 Å². The van der Waals surface area contributed by atoms with E-state index in [2.05, 4.69) is 15.5 Å². The molecule has 60 valence electrons. The minimum absolute atomic E-state index is 0.108. The van der Waals surface area contributed by atoms with E-state index in [-0.39, 0.29) is 5.38 Å². The molecule has 0 aliphatic heterocycles. The number of halogens is 1. The number of nitrogens with zero attached hydrogens (tertiary/aromatic N) is 2. The molecule has 0 saturated heterocycles. The first-order valence-corrected chi connectivity index (χ1v) is 3.88. The molecule has 1 unspecified atom stereocenters. The third-order valence-electron chi connectivity index (χ3n) is 1.14. The Balaban J connectivity index is 2.39. The molecule has 0 fully saturated rings. The molecule has 0 radical (unpaired) electrons. The molecule has 0 bridgehead atoms. The van der Waals surface area contributed by atoms with Crippen molar-refractivity contribution in [3.8, 4) is 0 Å². The molecule has 0 spiro atoms. The molecule has 1 rings (SSSR count). The highest BCUT2D eigenvalue weighted by molar-refractivity contribution is 6.20. The summed E-state index contributed by atoms with van der Waals surface area (Å²) in [4.78, 5) is 0. The Labute approximate surface area is 70.8 Å². The Morgan fingerprint density at radius 1 is 1.73 bits per heavy atom. The lowest BCUT2D eigenvalue weighted by atomic mass is 10.4. The largest absolute Gasteiger partial charge is 0.367 e. The fourth-order valence-electron chi connectivity index (χ4n) is 0.641. The van der Waals surface area contributed by atoms with Crippen LogP contribution in [0.15, 0.2) is 18.3 Å². The predicted molar refractivity (Wildman–Crippen MR) is 45.8 cm³/mol. The van der Waals surface area contributed by atoms with Gasteiger partial charge in [-0.15, -0.1) is 16.7 Å². The predicted octanol–water partition coefficient (Wildman–Crippen LogP) is 1.52. The zero-order chi connectivity index (χ0) is 8.10. The minimum atomic E-state index is 0.108. The molecule has 0 aliphatic carbocycles. The molecule has 0 saturated carbocycles. The van der Waals surface area contributed by atoms with E-state index in [1.807, 2.05) is 19.1 Å². The van der Waals surface area contributed by atoms with E-state index < -0.39 is 0 Å². The number of aromatic nitrogens is 2. The molecular weight excluding hydrogens is 162 g/mol. The van der Waals surface area contributed by atoms with Crippen LogP contribution in [0.4, 0.5) is 5.82 Å². The van der Waals surface area contributed by atoms with Gasteiger partial charge in [0.25, 0.3) is 0 Å². The van der Waals surface area contributed by atoms with Gasteiger partial charge in [0.1, 0.15) is 5.82 Å².